The fourth-order valence-electron chi connectivity index (χ4n) is 1.88. The minimum atomic E-state index is -1.29. The summed E-state index contributed by atoms with van der Waals surface area (Å²) in [6.07, 6.45) is 0.00643. The summed E-state index contributed by atoms with van der Waals surface area (Å²) < 4.78 is 24.1. The summed E-state index contributed by atoms with van der Waals surface area (Å²) >= 11 is 0. The molecular weight excluding hydrogens is 271 g/mol. The normalized spacial score (nSPS) is 12.9. The minimum Gasteiger partial charge on any atom is -0.497 e. The molecule has 0 fully saturated rings. The van der Waals surface area contributed by atoms with Gasteiger partial charge in [-0.2, -0.15) is 0 Å². The van der Waals surface area contributed by atoms with Crippen LogP contribution in [-0.2, 0) is 0 Å². The molecule has 0 heterocycles. The van der Waals surface area contributed by atoms with Crippen molar-refractivity contribution in [1.82, 2.24) is 0 Å². The predicted molar refractivity (Wildman–Crippen MR) is 80.0 cm³/mol. The Bertz CT molecular complexity index is 603. The molecule has 0 saturated carbocycles. The lowest BCUT2D eigenvalue weighted by molar-refractivity contribution is 0.188. The van der Waals surface area contributed by atoms with Crippen molar-refractivity contribution in [2.24, 2.45) is 0 Å². The highest BCUT2D eigenvalue weighted by molar-refractivity contribution is 5.54. The molecule has 0 radical (unpaired) electrons. The zero-order valence-electron chi connectivity index (χ0n) is 11.9. The average molecular weight is 288 g/mol. The van der Waals surface area contributed by atoms with Crippen LogP contribution < -0.4 is 9.47 Å². The van der Waals surface area contributed by atoms with Crippen molar-refractivity contribution in [2.45, 2.75) is 6.10 Å². The quantitative estimate of drug-likeness (QED) is 0.910. The maximum absolute atomic E-state index is 14.1. The van der Waals surface area contributed by atoms with Gasteiger partial charge in [0.25, 0.3) is 0 Å². The van der Waals surface area contributed by atoms with Crippen molar-refractivity contribution in [2.75, 3.05) is 14.2 Å². The van der Waals surface area contributed by atoms with Gasteiger partial charge in [0.1, 0.15) is 23.4 Å². The number of benzene rings is 2. The summed E-state index contributed by atoms with van der Waals surface area (Å²) in [5.41, 5.74) is 1.12. The van der Waals surface area contributed by atoms with Crippen LogP contribution in [0.5, 0.6) is 11.5 Å². The number of aliphatic hydroxyl groups excluding tert-OH is 1. The topological polar surface area (TPSA) is 38.7 Å². The summed E-state index contributed by atoms with van der Waals surface area (Å²) in [6.45, 7) is 0. The Morgan fingerprint density at radius 2 is 1.43 bits per heavy atom. The Morgan fingerprint density at radius 3 is 1.90 bits per heavy atom. The zero-order chi connectivity index (χ0) is 15.2. The van der Waals surface area contributed by atoms with Crippen LogP contribution in [0.3, 0.4) is 0 Å². The molecular formula is C17H17FO3. The molecule has 3 nitrogen and oxygen atoms in total. The van der Waals surface area contributed by atoms with Gasteiger partial charge in [0.05, 0.1) is 14.2 Å². The number of aliphatic hydroxyl groups is 1. The van der Waals surface area contributed by atoms with E-state index in [1.807, 2.05) is 0 Å². The second-order valence-electron chi connectivity index (χ2n) is 4.48. The number of hydrogen-bond acceptors (Lipinski definition) is 3. The van der Waals surface area contributed by atoms with Gasteiger partial charge in [-0.05, 0) is 41.5 Å². The summed E-state index contributed by atoms with van der Waals surface area (Å²) in [5, 5.41) is 10.0. The van der Waals surface area contributed by atoms with Crippen LogP contribution in [0.15, 0.2) is 54.4 Å². The predicted octanol–water partition coefficient (Wildman–Crippen LogP) is 3.75. The van der Waals surface area contributed by atoms with Crippen LogP contribution in [-0.4, -0.2) is 19.3 Å². The molecule has 2 aromatic carbocycles. The maximum Gasteiger partial charge on any atom is 0.134 e. The number of rotatable bonds is 5. The van der Waals surface area contributed by atoms with Gasteiger partial charge in [-0.15, -0.1) is 0 Å². The van der Waals surface area contributed by atoms with E-state index in [2.05, 4.69) is 0 Å². The van der Waals surface area contributed by atoms with Gasteiger partial charge in [-0.25, -0.2) is 4.39 Å². The Kier molecular flexibility index (Phi) is 4.95. The van der Waals surface area contributed by atoms with Crippen molar-refractivity contribution < 1.29 is 19.0 Å². The lowest BCUT2D eigenvalue weighted by Gasteiger charge is -2.10. The van der Waals surface area contributed by atoms with Crippen molar-refractivity contribution in [3.8, 4) is 11.5 Å². The van der Waals surface area contributed by atoms with Gasteiger partial charge in [-0.3, -0.25) is 0 Å². The average Bonchev–Trinajstić information content (AvgIpc) is 2.55. The van der Waals surface area contributed by atoms with Gasteiger partial charge in [0.2, 0.25) is 0 Å². The second kappa shape index (κ2) is 6.90. The van der Waals surface area contributed by atoms with Crippen LogP contribution in [0.25, 0.3) is 6.08 Å². The second-order valence-corrected chi connectivity index (χ2v) is 4.48. The molecule has 0 aromatic heterocycles. The first-order valence-corrected chi connectivity index (χ1v) is 6.47. The molecule has 0 aliphatic heterocycles. The van der Waals surface area contributed by atoms with Crippen LogP contribution in [0.1, 0.15) is 17.2 Å². The minimum absolute atomic E-state index is 0.470. The number of halogens is 1. The Balaban J connectivity index is 2.16. The molecule has 0 saturated heterocycles. The molecule has 1 N–H and O–H groups in total. The van der Waals surface area contributed by atoms with Crippen molar-refractivity contribution >= 4 is 6.08 Å². The first-order chi connectivity index (χ1) is 10.1. The highest BCUT2D eigenvalue weighted by atomic mass is 19.1. The smallest absolute Gasteiger partial charge is 0.134 e. The number of hydrogen-bond donors (Lipinski definition) is 1. The SMILES string of the molecule is COc1ccc(/C=C(\F)C(O)c2ccc(OC)cc2)cc1. The van der Waals surface area contributed by atoms with E-state index < -0.39 is 11.9 Å². The Hall–Kier alpha value is -2.33. The molecule has 2 rings (SSSR count). The summed E-state index contributed by atoms with van der Waals surface area (Å²) in [5.74, 6) is 0.735. The van der Waals surface area contributed by atoms with E-state index in [4.69, 9.17) is 9.47 Å². The molecule has 4 heteroatoms. The molecule has 0 spiro atoms. The third-order valence-electron chi connectivity index (χ3n) is 3.11. The lowest BCUT2D eigenvalue weighted by atomic mass is 10.1. The van der Waals surface area contributed by atoms with E-state index in [-0.39, 0.29) is 0 Å². The standard InChI is InChI=1S/C17H17FO3/c1-20-14-7-3-12(4-8-14)11-16(18)17(19)13-5-9-15(21-2)10-6-13/h3-11,17,19H,1-2H3/b16-11-. The van der Waals surface area contributed by atoms with E-state index in [9.17, 15) is 9.50 Å². The summed E-state index contributed by atoms with van der Waals surface area (Å²) in [6, 6.07) is 13.5. The molecule has 2 aromatic rings. The number of ether oxygens (including phenoxy) is 2. The first-order valence-electron chi connectivity index (χ1n) is 6.47. The molecule has 0 aliphatic rings. The molecule has 1 unspecified atom stereocenters. The largest absolute Gasteiger partial charge is 0.497 e. The molecule has 0 bridgehead atoms. The molecule has 0 amide bonds. The Morgan fingerprint density at radius 1 is 0.952 bits per heavy atom. The van der Waals surface area contributed by atoms with Gasteiger partial charge >= 0.3 is 0 Å². The van der Waals surface area contributed by atoms with Crippen molar-refractivity contribution in [3.05, 3.63) is 65.5 Å². The summed E-state index contributed by atoms with van der Waals surface area (Å²) in [4.78, 5) is 0. The molecule has 1 atom stereocenters. The van der Waals surface area contributed by atoms with Crippen LogP contribution in [0, 0.1) is 0 Å². The van der Waals surface area contributed by atoms with Crippen molar-refractivity contribution in [1.29, 1.82) is 0 Å². The van der Waals surface area contributed by atoms with Crippen LogP contribution in [0.4, 0.5) is 4.39 Å². The van der Waals surface area contributed by atoms with Gasteiger partial charge in [0, 0.05) is 0 Å². The molecule has 21 heavy (non-hydrogen) atoms. The molecule has 0 aliphatic carbocycles. The van der Waals surface area contributed by atoms with E-state index in [1.165, 1.54) is 6.08 Å². The highest BCUT2D eigenvalue weighted by Crippen LogP contribution is 2.26. The van der Waals surface area contributed by atoms with E-state index in [0.717, 1.165) is 0 Å². The van der Waals surface area contributed by atoms with Gasteiger partial charge in [-0.1, -0.05) is 24.3 Å². The third kappa shape index (κ3) is 3.83. The number of methoxy groups -OCH3 is 2. The van der Waals surface area contributed by atoms with Gasteiger partial charge in [0.15, 0.2) is 0 Å². The van der Waals surface area contributed by atoms with Crippen LogP contribution >= 0.6 is 0 Å². The van der Waals surface area contributed by atoms with Gasteiger partial charge < -0.3 is 14.6 Å². The van der Waals surface area contributed by atoms with Crippen LogP contribution in [0.2, 0.25) is 0 Å². The monoisotopic (exact) mass is 288 g/mol. The fraction of sp³-hybridized carbons (Fsp3) is 0.176. The van der Waals surface area contributed by atoms with Crippen molar-refractivity contribution in [3.63, 3.8) is 0 Å². The highest BCUT2D eigenvalue weighted by Gasteiger charge is 2.13. The maximum atomic E-state index is 14.1. The lowest BCUT2D eigenvalue weighted by Crippen LogP contribution is -1.98. The first kappa shape index (κ1) is 15.1. The van der Waals surface area contributed by atoms with E-state index in [0.29, 0.717) is 22.6 Å². The zero-order valence-corrected chi connectivity index (χ0v) is 11.9. The molecule has 110 valence electrons. The van der Waals surface area contributed by atoms with E-state index >= 15 is 0 Å². The Labute approximate surface area is 123 Å². The fourth-order valence-corrected chi connectivity index (χ4v) is 1.88. The summed E-state index contributed by atoms with van der Waals surface area (Å²) in [7, 11) is 3.12. The third-order valence-corrected chi connectivity index (χ3v) is 3.11. The van der Waals surface area contributed by atoms with E-state index in [1.54, 1.807) is 62.8 Å².